The number of hydrogen-bond donors (Lipinski definition) is 1. The minimum absolute atomic E-state index is 0.0746. The van der Waals surface area contributed by atoms with Crippen molar-refractivity contribution in [3.05, 3.63) is 28.8 Å². The third kappa shape index (κ3) is 5.05. The molecule has 1 atom stereocenters. The van der Waals surface area contributed by atoms with Crippen molar-refractivity contribution in [1.29, 1.82) is 0 Å². The molecule has 1 fully saturated rings. The molecule has 8 heteroatoms. The molecule has 0 aromatic heterocycles. The SMILES string of the molecule is Cc1c(Cl)cccc1NC(=S)N(CCN(C)C)[C@@H]1CCS(=O)(=O)C1. The van der Waals surface area contributed by atoms with Crippen LogP contribution in [0.3, 0.4) is 0 Å². The number of rotatable bonds is 5. The fourth-order valence-corrected chi connectivity index (χ4v) is 4.96. The van der Waals surface area contributed by atoms with Gasteiger partial charge in [0.25, 0.3) is 0 Å². The topological polar surface area (TPSA) is 52.6 Å². The molecule has 1 aromatic carbocycles. The number of likely N-dealkylation sites (N-methyl/N-ethyl adjacent to an activating group) is 1. The maximum absolute atomic E-state index is 11.8. The van der Waals surface area contributed by atoms with Gasteiger partial charge in [-0.05, 0) is 57.4 Å². The first-order chi connectivity index (χ1) is 11.2. The lowest BCUT2D eigenvalue weighted by atomic mass is 10.2. The zero-order chi connectivity index (χ0) is 17.9. The van der Waals surface area contributed by atoms with Crippen molar-refractivity contribution in [2.24, 2.45) is 0 Å². The second-order valence-corrected chi connectivity index (χ2v) is 9.42. The van der Waals surface area contributed by atoms with Gasteiger partial charge in [-0.1, -0.05) is 17.7 Å². The highest BCUT2D eigenvalue weighted by molar-refractivity contribution is 7.91. The van der Waals surface area contributed by atoms with Crippen LogP contribution in [0.25, 0.3) is 0 Å². The summed E-state index contributed by atoms with van der Waals surface area (Å²) >= 11 is 11.7. The summed E-state index contributed by atoms with van der Waals surface area (Å²) in [5.74, 6) is 0.395. The van der Waals surface area contributed by atoms with E-state index in [9.17, 15) is 8.42 Å². The first-order valence-electron chi connectivity index (χ1n) is 7.87. The Balaban J connectivity index is 2.16. The number of benzene rings is 1. The summed E-state index contributed by atoms with van der Waals surface area (Å²) in [6, 6.07) is 5.54. The number of sulfone groups is 1. The van der Waals surface area contributed by atoms with Crippen LogP contribution in [0.1, 0.15) is 12.0 Å². The average molecular weight is 390 g/mol. The van der Waals surface area contributed by atoms with E-state index < -0.39 is 9.84 Å². The van der Waals surface area contributed by atoms with Gasteiger partial charge in [0.05, 0.1) is 11.5 Å². The van der Waals surface area contributed by atoms with Gasteiger partial charge in [-0.2, -0.15) is 0 Å². The zero-order valence-electron chi connectivity index (χ0n) is 14.3. The molecule has 0 amide bonds. The van der Waals surface area contributed by atoms with Crippen LogP contribution in [0.2, 0.25) is 5.02 Å². The van der Waals surface area contributed by atoms with Crippen LogP contribution in [0, 0.1) is 6.92 Å². The van der Waals surface area contributed by atoms with Gasteiger partial charge in [0.2, 0.25) is 0 Å². The highest BCUT2D eigenvalue weighted by Crippen LogP contribution is 2.24. The van der Waals surface area contributed by atoms with Gasteiger partial charge in [-0.25, -0.2) is 8.42 Å². The van der Waals surface area contributed by atoms with Gasteiger partial charge in [0.1, 0.15) is 0 Å². The summed E-state index contributed by atoms with van der Waals surface area (Å²) in [6.45, 7) is 3.41. The van der Waals surface area contributed by atoms with Crippen molar-refractivity contribution in [2.45, 2.75) is 19.4 Å². The van der Waals surface area contributed by atoms with Crippen molar-refractivity contribution in [3.8, 4) is 0 Å². The van der Waals surface area contributed by atoms with Crippen LogP contribution in [-0.2, 0) is 9.84 Å². The average Bonchev–Trinajstić information content (AvgIpc) is 2.84. The third-order valence-electron chi connectivity index (χ3n) is 4.21. The van der Waals surface area contributed by atoms with Crippen molar-refractivity contribution in [3.63, 3.8) is 0 Å². The van der Waals surface area contributed by atoms with Crippen LogP contribution >= 0.6 is 23.8 Å². The molecular weight excluding hydrogens is 366 g/mol. The van der Waals surface area contributed by atoms with Gasteiger partial charge in [-0.15, -0.1) is 0 Å². The Hall–Kier alpha value is -0.890. The molecule has 1 aliphatic heterocycles. The molecular formula is C16H24ClN3O2S2. The molecule has 24 heavy (non-hydrogen) atoms. The smallest absolute Gasteiger partial charge is 0.173 e. The van der Waals surface area contributed by atoms with E-state index in [2.05, 4.69) is 10.2 Å². The van der Waals surface area contributed by atoms with Crippen LogP contribution in [0.4, 0.5) is 5.69 Å². The molecule has 1 saturated heterocycles. The van der Waals surface area contributed by atoms with E-state index in [0.29, 0.717) is 23.1 Å². The summed E-state index contributed by atoms with van der Waals surface area (Å²) in [6.07, 6.45) is 0.617. The van der Waals surface area contributed by atoms with E-state index in [1.807, 2.05) is 44.1 Å². The Labute approximate surface area is 154 Å². The second-order valence-electron chi connectivity index (χ2n) is 6.40. The largest absolute Gasteiger partial charge is 0.344 e. The van der Waals surface area contributed by atoms with Gasteiger partial charge in [0.15, 0.2) is 14.9 Å². The molecule has 1 aliphatic rings. The monoisotopic (exact) mass is 389 g/mol. The van der Waals surface area contributed by atoms with Crippen LogP contribution < -0.4 is 5.32 Å². The summed E-state index contributed by atoms with van der Waals surface area (Å²) in [7, 11) is 1.01. The standard InChI is InChI=1S/C16H24ClN3O2S2/c1-12-14(17)5-4-6-15(12)18-16(23)20(9-8-19(2)3)13-7-10-24(21,22)11-13/h4-6,13H,7-11H2,1-3H3,(H,18,23)/t13-/m1/s1. The first-order valence-corrected chi connectivity index (χ1v) is 10.5. The summed E-state index contributed by atoms with van der Waals surface area (Å²) in [5, 5.41) is 4.46. The molecule has 134 valence electrons. The lowest BCUT2D eigenvalue weighted by molar-refractivity contribution is 0.289. The Kier molecular flexibility index (Phi) is 6.47. The second kappa shape index (κ2) is 7.99. The lowest BCUT2D eigenvalue weighted by Gasteiger charge is -2.32. The van der Waals surface area contributed by atoms with Gasteiger partial charge < -0.3 is 15.1 Å². The summed E-state index contributed by atoms with van der Waals surface area (Å²) in [5.41, 5.74) is 1.77. The van der Waals surface area contributed by atoms with E-state index in [1.54, 1.807) is 0 Å². The van der Waals surface area contributed by atoms with Crippen molar-refractivity contribution in [2.75, 3.05) is 44.0 Å². The van der Waals surface area contributed by atoms with Gasteiger partial charge in [-0.3, -0.25) is 0 Å². The third-order valence-corrected chi connectivity index (χ3v) is 6.70. The predicted octanol–water partition coefficient (Wildman–Crippen LogP) is 2.40. The first kappa shape index (κ1) is 19.4. The predicted molar refractivity (Wildman–Crippen MR) is 105 cm³/mol. The molecule has 1 aromatic rings. The lowest BCUT2D eigenvalue weighted by Crippen LogP contribution is -2.46. The van der Waals surface area contributed by atoms with Crippen molar-refractivity contribution < 1.29 is 8.42 Å². The number of hydrogen-bond acceptors (Lipinski definition) is 4. The molecule has 0 spiro atoms. The number of anilines is 1. The Morgan fingerprint density at radius 3 is 2.67 bits per heavy atom. The quantitative estimate of drug-likeness (QED) is 0.780. The van der Waals surface area contributed by atoms with Crippen molar-refractivity contribution >= 4 is 44.5 Å². The normalized spacial score (nSPS) is 19.5. The molecule has 2 rings (SSSR count). The van der Waals surface area contributed by atoms with Gasteiger partial charge >= 0.3 is 0 Å². The molecule has 0 radical (unpaired) electrons. The molecule has 0 bridgehead atoms. The number of thiocarbonyl (C=S) groups is 1. The Morgan fingerprint density at radius 2 is 2.08 bits per heavy atom. The van der Waals surface area contributed by atoms with Crippen LogP contribution in [-0.4, -0.2) is 68.1 Å². The highest BCUT2D eigenvalue weighted by atomic mass is 35.5. The number of nitrogens with one attached hydrogen (secondary N) is 1. The fourth-order valence-electron chi connectivity index (χ4n) is 2.71. The molecule has 0 aliphatic carbocycles. The van der Waals surface area contributed by atoms with E-state index in [0.717, 1.165) is 17.8 Å². The maximum atomic E-state index is 11.8. The molecule has 1 N–H and O–H groups in total. The van der Waals surface area contributed by atoms with E-state index in [4.69, 9.17) is 23.8 Å². The minimum Gasteiger partial charge on any atom is -0.344 e. The number of halogens is 1. The fraction of sp³-hybridized carbons (Fsp3) is 0.562. The summed E-state index contributed by atoms with van der Waals surface area (Å²) in [4.78, 5) is 4.06. The molecule has 0 saturated carbocycles. The van der Waals surface area contributed by atoms with E-state index >= 15 is 0 Å². The maximum Gasteiger partial charge on any atom is 0.173 e. The molecule has 1 heterocycles. The number of nitrogens with zero attached hydrogens (tertiary/aromatic N) is 2. The van der Waals surface area contributed by atoms with E-state index in [1.165, 1.54) is 0 Å². The highest BCUT2D eigenvalue weighted by Gasteiger charge is 2.33. The molecule has 0 unspecified atom stereocenters. The van der Waals surface area contributed by atoms with Crippen molar-refractivity contribution in [1.82, 2.24) is 9.80 Å². The van der Waals surface area contributed by atoms with Gasteiger partial charge in [0, 0.05) is 29.8 Å². The van der Waals surface area contributed by atoms with Crippen LogP contribution in [0.5, 0.6) is 0 Å². The Bertz CT molecular complexity index is 707. The van der Waals surface area contributed by atoms with Crippen LogP contribution in [0.15, 0.2) is 18.2 Å². The van der Waals surface area contributed by atoms with E-state index in [-0.39, 0.29) is 17.5 Å². The summed E-state index contributed by atoms with van der Waals surface area (Å²) < 4.78 is 23.7. The Morgan fingerprint density at radius 1 is 1.38 bits per heavy atom. The minimum atomic E-state index is -2.96. The zero-order valence-corrected chi connectivity index (χ0v) is 16.6. The molecule has 5 nitrogen and oxygen atoms in total.